The first-order chi connectivity index (χ1) is 6.75. The second-order valence-corrected chi connectivity index (χ2v) is 3.58. The number of aromatic nitrogens is 3. The molecule has 6 heteroatoms. The van der Waals surface area contributed by atoms with E-state index in [4.69, 9.17) is 5.11 Å². The summed E-state index contributed by atoms with van der Waals surface area (Å²) < 4.78 is 1.63. The standard InChI is InChI=1S/C8H7N3O2S/c12-8(13)5-14-7-2-4-11-6(10-7)1-3-9-11/h1-4H,5H2,(H,12,13). The first kappa shape index (κ1) is 9.01. The van der Waals surface area contributed by atoms with Crippen LogP contribution in [0.25, 0.3) is 5.65 Å². The second-order valence-electron chi connectivity index (χ2n) is 2.58. The van der Waals surface area contributed by atoms with Crippen LogP contribution >= 0.6 is 11.8 Å². The van der Waals surface area contributed by atoms with Crippen molar-refractivity contribution in [1.82, 2.24) is 14.6 Å². The average Bonchev–Trinajstić information content (AvgIpc) is 2.61. The second kappa shape index (κ2) is 3.67. The molecule has 1 N–H and O–H groups in total. The Morgan fingerprint density at radius 3 is 3.21 bits per heavy atom. The molecule has 0 aliphatic rings. The molecule has 0 aromatic carbocycles. The van der Waals surface area contributed by atoms with Crippen LogP contribution in [-0.2, 0) is 4.79 Å². The molecular weight excluding hydrogens is 202 g/mol. The molecule has 0 amide bonds. The van der Waals surface area contributed by atoms with Gasteiger partial charge in [0.1, 0.15) is 5.03 Å². The molecule has 2 aromatic heterocycles. The van der Waals surface area contributed by atoms with Gasteiger partial charge in [0.25, 0.3) is 0 Å². The Bertz CT molecular complexity index is 468. The first-order valence-corrected chi connectivity index (χ1v) is 4.89. The maximum absolute atomic E-state index is 10.3. The van der Waals surface area contributed by atoms with Crippen molar-refractivity contribution < 1.29 is 9.90 Å². The molecule has 5 nitrogen and oxygen atoms in total. The van der Waals surface area contributed by atoms with E-state index in [2.05, 4.69) is 10.1 Å². The summed E-state index contributed by atoms with van der Waals surface area (Å²) >= 11 is 1.19. The molecule has 14 heavy (non-hydrogen) atoms. The van der Waals surface area contributed by atoms with E-state index in [0.717, 1.165) is 5.65 Å². The third-order valence-corrected chi connectivity index (χ3v) is 2.49. The Kier molecular flexibility index (Phi) is 2.36. The minimum Gasteiger partial charge on any atom is -0.481 e. The van der Waals surface area contributed by atoms with Gasteiger partial charge in [-0.25, -0.2) is 9.50 Å². The maximum Gasteiger partial charge on any atom is 0.313 e. The third kappa shape index (κ3) is 1.85. The molecule has 2 rings (SSSR count). The van der Waals surface area contributed by atoms with Gasteiger partial charge in [-0.05, 0) is 6.07 Å². The molecular formula is C8H7N3O2S. The van der Waals surface area contributed by atoms with E-state index < -0.39 is 5.97 Å². The van der Waals surface area contributed by atoms with Gasteiger partial charge in [-0.15, -0.1) is 0 Å². The van der Waals surface area contributed by atoms with Crippen molar-refractivity contribution >= 4 is 23.4 Å². The highest BCUT2D eigenvalue weighted by Crippen LogP contribution is 2.15. The lowest BCUT2D eigenvalue weighted by Gasteiger charge is -1.97. The number of nitrogens with zero attached hydrogens (tertiary/aromatic N) is 3. The third-order valence-electron chi connectivity index (χ3n) is 1.58. The van der Waals surface area contributed by atoms with Crippen LogP contribution in [0.15, 0.2) is 29.6 Å². The molecule has 0 spiro atoms. The van der Waals surface area contributed by atoms with Crippen molar-refractivity contribution in [3.8, 4) is 0 Å². The topological polar surface area (TPSA) is 67.5 Å². The molecule has 0 aliphatic carbocycles. The summed E-state index contributed by atoms with van der Waals surface area (Å²) in [6.07, 6.45) is 3.40. The summed E-state index contributed by atoms with van der Waals surface area (Å²) in [4.78, 5) is 14.5. The average molecular weight is 209 g/mol. The smallest absolute Gasteiger partial charge is 0.313 e. The molecule has 0 radical (unpaired) electrons. The minimum absolute atomic E-state index is 0.0251. The highest BCUT2D eigenvalue weighted by atomic mass is 32.2. The van der Waals surface area contributed by atoms with E-state index in [1.54, 1.807) is 29.0 Å². The van der Waals surface area contributed by atoms with E-state index in [0.29, 0.717) is 5.03 Å². The molecule has 72 valence electrons. The number of rotatable bonds is 3. The van der Waals surface area contributed by atoms with Crippen LogP contribution in [-0.4, -0.2) is 31.4 Å². The van der Waals surface area contributed by atoms with Gasteiger partial charge in [0.2, 0.25) is 0 Å². The van der Waals surface area contributed by atoms with Gasteiger partial charge in [-0.1, -0.05) is 11.8 Å². The lowest BCUT2D eigenvalue weighted by atomic mass is 10.6. The van der Waals surface area contributed by atoms with E-state index in [1.165, 1.54) is 11.8 Å². The van der Waals surface area contributed by atoms with Gasteiger partial charge in [0.15, 0.2) is 5.65 Å². The molecule has 0 saturated heterocycles. The Labute approximate surface area is 83.8 Å². The Morgan fingerprint density at radius 2 is 2.43 bits per heavy atom. The summed E-state index contributed by atoms with van der Waals surface area (Å²) in [5.74, 6) is -0.817. The van der Waals surface area contributed by atoms with Gasteiger partial charge in [-0.2, -0.15) is 5.10 Å². The van der Waals surface area contributed by atoms with Crippen molar-refractivity contribution in [2.24, 2.45) is 0 Å². The highest BCUT2D eigenvalue weighted by Gasteiger charge is 2.02. The lowest BCUT2D eigenvalue weighted by Crippen LogP contribution is -1.98. The van der Waals surface area contributed by atoms with Crippen LogP contribution in [0.5, 0.6) is 0 Å². The van der Waals surface area contributed by atoms with Crippen molar-refractivity contribution in [3.05, 3.63) is 24.5 Å². The van der Waals surface area contributed by atoms with E-state index >= 15 is 0 Å². The van der Waals surface area contributed by atoms with Crippen LogP contribution in [0.3, 0.4) is 0 Å². The normalized spacial score (nSPS) is 10.6. The summed E-state index contributed by atoms with van der Waals surface area (Å²) in [5.41, 5.74) is 0.723. The summed E-state index contributed by atoms with van der Waals surface area (Å²) in [6, 6.07) is 3.51. The highest BCUT2D eigenvalue weighted by molar-refractivity contribution is 7.99. The fourth-order valence-corrected chi connectivity index (χ4v) is 1.60. The Morgan fingerprint density at radius 1 is 1.57 bits per heavy atom. The van der Waals surface area contributed by atoms with Gasteiger partial charge in [0, 0.05) is 12.3 Å². The molecule has 0 bridgehead atoms. The first-order valence-electron chi connectivity index (χ1n) is 3.91. The summed E-state index contributed by atoms with van der Waals surface area (Å²) in [6.45, 7) is 0. The molecule has 0 aliphatic heterocycles. The minimum atomic E-state index is -0.842. The molecule has 0 saturated carbocycles. The number of hydrogen-bond acceptors (Lipinski definition) is 4. The number of carboxylic acid groups (broad SMARTS) is 1. The quantitative estimate of drug-likeness (QED) is 0.601. The van der Waals surface area contributed by atoms with Gasteiger partial charge in [0.05, 0.1) is 11.9 Å². The number of fused-ring (bicyclic) bond motifs is 1. The van der Waals surface area contributed by atoms with E-state index in [-0.39, 0.29) is 5.75 Å². The van der Waals surface area contributed by atoms with Crippen molar-refractivity contribution in [1.29, 1.82) is 0 Å². The number of thioether (sulfide) groups is 1. The van der Waals surface area contributed by atoms with Gasteiger partial charge < -0.3 is 5.11 Å². The van der Waals surface area contributed by atoms with Gasteiger partial charge in [-0.3, -0.25) is 4.79 Å². The summed E-state index contributed by atoms with van der Waals surface area (Å²) in [5, 5.41) is 13.2. The molecule has 0 unspecified atom stereocenters. The monoisotopic (exact) mass is 209 g/mol. The zero-order valence-electron chi connectivity index (χ0n) is 7.12. The zero-order chi connectivity index (χ0) is 9.97. The fourth-order valence-electron chi connectivity index (χ4n) is 1.01. The number of hydrogen-bond donors (Lipinski definition) is 1. The van der Waals surface area contributed by atoms with Crippen molar-refractivity contribution in [2.45, 2.75) is 5.03 Å². The van der Waals surface area contributed by atoms with E-state index in [1.807, 2.05) is 0 Å². The predicted molar refractivity (Wildman–Crippen MR) is 51.3 cm³/mol. The fraction of sp³-hybridized carbons (Fsp3) is 0.125. The lowest BCUT2D eigenvalue weighted by molar-refractivity contribution is -0.133. The molecule has 2 heterocycles. The SMILES string of the molecule is O=C(O)CSc1ccn2nccc2n1. The Hall–Kier alpha value is -1.56. The van der Waals surface area contributed by atoms with E-state index in [9.17, 15) is 4.79 Å². The Balaban J connectivity index is 2.21. The summed E-state index contributed by atoms with van der Waals surface area (Å²) in [7, 11) is 0. The maximum atomic E-state index is 10.3. The molecule has 0 atom stereocenters. The number of aliphatic carboxylic acids is 1. The van der Waals surface area contributed by atoms with Crippen LogP contribution in [0.2, 0.25) is 0 Å². The largest absolute Gasteiger partial charge is 0.481 e. The number of carboxylic acids is 1. The van der Waals surface area contributed by atoms with Crippen LogP contribution < -0.4 is 0 Å². The van der Waals surface area contributed by atoms with Crippen molar-refractivity contribution in [2.75, 3.05) is 5.75 Å². The molecule has 0 fully saturated rings. The number of carbonyl (C=O) groups is 1. The van der Waals surface area contributed by atoms with Crippen LogP contribution in [0, 0.1) is 0 Å². The van der Waals surface area contributed by atoms with Crippen LogP contribution in [0.4, 0.5) is 0 Å². The molecule has 2 aromatic rings. The van der Waals surface area contributed by atoms with Crippen LogP contribution in [0.1, 0.15) is 0 Å². The zero-order valence-corrected chi connectivity index (χ0v) is 7.94. The van der Waals surface area contributed by atoms with Crippen molar-refractivity contribution in [3.63, 3.8) is 0 Å². The predicted octanol–water partition coefficient (Wildman–Crippen LogP) is 0.906. The van der Waals surface area contributed by atoms with Gasteiger partial charge >= 0.3 is 5.97 Å².